The molecule has 0 aromatic carbocycles. The number of nitrogens with one attached hydrogen (secondary N) is 1. The molecule has 0 saturated carbocycles. The van der Waals surface area contributed by atoms with Crippen LogP contribution in [-0.4, -0.2) is 40.7 Å². The number of amides is 2. The summed E-state index contributed by atoms with van der Waals surface area (Å²) in [6.45, 7) is 4.10. The van der Waals surface area contributed by atoms with Gasteiger partial charge < -0.3 is 10.0 Å². The third-order valence-electron chi connectivity index (χ3n) is 2.06. The van der Waals surface area contributed by atoms with Crippen LogP contribution in [0.15, 0.2) is 5.38 Å². The van der Waals surface area contributed by atoms with Crippen molar-refractivity contribution in [3.8, 4) is 0 Å². The number of anilines is 1. The van der Waals surface area contributed by atoms with Crippen molar-refractivity contribution in [2.75, 3.05) is 18.9 Å². The maximum Gasteiger partial charge on any atom is 0.323 e. The van der Waals surface area contributed by atoms with Gasteiger partial charge in [-0.05, 0) is 20.3 Å². The van der Waals surface area contributed by atoms with E-state index in [4.69, 9.17) is 5.11 Å². The molecule has 0 spiro atoms. The van der Waals surface area contributed by atoms with E-state index >= 15 is 0 Å². The van der Waals surface area contributed by atoms with Crippen LogP contribution in [0.5, 0.6) is 0 Å². The largest absolute Gasteiger partial charge is 0.393 e. The summed E-state index contributed by atoms with van der Waals surface area (Å²) in [5.41, 5.74) is 0.895. The second-order valence-electron chi connectivity index (χ2n) is 3.78. The minimum absolute atomic E-state index is 0.199. The van der Waals surface area contributed by atoms with E-state index in [2.05, 4.69) is 10.3 Å². The molecule has 0 fully saturated rings. The van der Waals surface area contributed by atoms with Crippen molar-refractivity contribution in [3.05, 3.63) is 11.1 Å². The van der Waals surface area contributed by atoms with Gasteiger partial charge in [-0.25, -0.2) is 9.78 Å². The van der Waals surface area contributed by atoms with Gasteiger partial charge in [0.15, 0.2) is 5.13 Å². The number of hydrogen-bond donors (Lipinski definition) is 2. The van der Waals surface area contributed by atoms with Gasteiger partial charge in [-0.2, -0.15) is 0 Å². The van der Waals surface area contributed by atoms with Crippen molar-refractivity contribution < 1.29 is 9.90 Å². The fourth-order valence-corrected chi connectivity index (χ4v) is 1.76. The SMILES string of the molecule is Cc1csc(NC(=O)N(C)CCC(C)O)n1. The Balaban J connectivity index is 2.39. The van der Waals surface area contributed by atoms with Gasteiger partial charge in [-0.1, -0.05) is 0 Å². The Morgan fingerprint density at radius 2 is 2.44 bits per heavy atom. The summed E-state index contributed by atoms with van der Waals surface area (Å²) >= 11 is 1.40. The summed E-state index contributed by atoms with van der Waals surface area (Å²) in [5.74, 6) is 0. The van der Waals surface area contributed by atoms with Gasteiger partial charge in [0.25, 0.3) is 0 Å². The van der Waals surface area contributed by atoms with E-state index in [9.17, 15) is 4.79 Å². The Bertz CT molecular complexity index is 352. The summed E-state index contributed by atoms with van der Waals surface area (Å²) in [6, 6.07) is -0.199. The van der Waals surface area contributed by atoms with E-state index in [0.717, 1.165) is 5.69 Å². The number of carbonyl (C=O) groups is 1. The maximum absolute atomic E-state index is 11.6. The third kappa shape index (κ3) is 4.16. The van der Waals surface area contributed by atoms with E-state index < -0.39 is 6.10 Å². The van der Waals surface area contributed by atoms with Gasteiger partial charge in [0, 0.05) is 19.0 Å². The molecule has 2 amide bonds. The normalized spacial score (nSPS) is 12.2. The van der Waals surface area contributed by atoms with Crippen LogP contribution in [0.2, 0.25) is 0 Å². The molecule has 1 rings (SSSR count). The fraction of sp³-hybridized carbons (Fsp3) is 0.600. The van der Waals surface area contributed by atoms with Gasteiger partial charge in [-0.15, -0.1) is 11.3 Å². The molecule has 1 unspecified atom stereocenters. The molecule has 0 aliphatic heterocycles. The molecule has 1 heterocycles. The predicted molar refractivity (Wildman–Crippen MR) is 64.8 cm³/mol. The summed E-state index contributed by atoms with van der Waals surface area (Å²) in [7, 11) is 1.69. The van der Waals surface area contributed by atoms with Crippen molar-refractivity contribution in [1.29, 1.82) is 0 Å². The van der Waals surface area contributed by atoms with Gasteiger partial charge in [0.2, 0.25) is 0 Å². The Morgan fingerprint density at radius 3 is 2.94 bits per heavy atom. The van der Waals surface area contributed by atoms with E-state index in [1.165, 1.54) is 16.2 Å². The van der Waals surface area contributed by atoms with Gasteiger partial charge in [0.05, 0.1) is 11.8 Å². The maximum atomic E-state index is 11.6. The number of aromatic nitrogens is 1. The number of carbonyl (C=O) groups excluding carboxylic acids is 1. The second-order valence-corrected chi connectivity index (χ2v) is 4.64. The molecule has 0 bridgehead atoms. The molecule has 5 nitrogen and oxygen atoms in total. The van der Waals surface area contributed by atoms with Crippen LogP contribution < -0.4 is 5.32 Å². The number of urea groups is 1. The number of aryl methyl sites for hydroxylation is 1. The Hall–Kier alpha value is -1.14. The van der Waals surface area contributed by atoms with Crippen LogP contribution in [0.1, 0.15) is 19.0 Å². The zero-order valence-corrected chi connectivity index (χ0v) is 10.5. The van der Waals surface area contributed by atoms with Crippen LogP contribution in [0.4, 0.5) is 9.93 Å². The standard InChI is InChI=1S/C10H17N3O2S/c1-7-6-16-9(11-7)12-10(15)13(3)5-4-8(2)14/h6,8,14H,4-5H2,1-3H3,(H,11,12,15). The van der Waals surface area contributed by atoms with Crippen LogP contribution >= 0.6 is 11.3 Å². The molecule has 2 N–H and O–H groups in total. The average molecular weight is 243 g/mol. The lowest BCUT2D eigenvalue weighted by atomic mass is 10.3. The van der Waals surface area contributed by atoms with E-state index in [1.54, 1.807) is 14.0 Å². The predicted octanol–water partition coefficient (Wildman–Crippen LogP) is 1.69. The van der Waals surface area contributed by atoms with Gasteiger partial charge >= 0.3 is 6.03 Å². The fourth-order valence-electron chi connectivity index (χ4n) is 1.08. The number of aliphatic hydroxyl groups excluding tert-OH is 1. The highest BCUT2D eigenvalue weighted by atomic mass is 32.1. The zero-order valence-electron chi connectivity index (χ0n) is 9.73. The molecule has 0 aliphatic carbocycles. The van der Waals surface area contributed by atoms with Crippen molar-refractivity contribution in [3.63, 3.8) is 0 Å². The highest BCUT2D eigenvalue weighted by Gasteiger charge is 2.10. The molecule has 0 saturated heterocycles. The first kappa shape index (κ1) is 12.9. The quantitative estimate of drug-likeness (QED) is 0.845. The molecule has 0 radical (unpaired) electrons. The number of aliphatic hydroxyl groups is 1. The van der Waals surface area contributed by atoms with Gasteiger partial charge in [0.1, 0.15) is 0 Å². The minimum atomic E-state index is -0.391. The van der Waals surface area contributed by atoms with Crippen molar-refractivity contribution in [1.82, 2.24) is 9.88 Å². The van der Waals surface area contributed by atoms with Crippen molar-refractivity contribution in [2.45, 2.75) is 26.4 Å². The third-order valence-corrected chi connectivity index (χ3v) is 2.94. The van der Waals surface area contributed by atoms with Gasteiger partial charge in [-0.3, -0.25) is 5.32 Å². The first-order chi connectivity index (χ1) is 7.49. The van der Waals surface area contributed by atoms with Crippen LogP contribution in [0, 0.1) is 6.92 Å². The number of rotatable bonds is 4. The minimum Gasteiger partial charge on any atom is -0.393 e. The van der Waals surface area contributed by atoms with Crippen molar-refractivity contribution >= 4 is 22.5 Å². The first-order valence-corrected chi connectivity index (χ1v) is 5.99. The molecule has 1 atom stereocenters. The second kappa shape index (κ2) is 5.81. The van der Waals surface area contributed by atoms with Crippen LogP contribution in [0.25, 0.3) is 0 Å². The van der Waals surface area contributed by atoms with Crippen molar-refractivity contribution in [2.24, 2.45) is 0 Å². The smallest absolute Gasteiger partial charge is 0.323 e. The zero-order chi connectivity index (χ0) is 12.1. The van der Waals surface area contributed by atoms with Crippen LogP contribution in [0.3, 0.4) is 0 Å². The molecule has 1 aromatic heterocycles. The lowest BCUT2D eigenvalue weighted by Crippen LogP contribution is -2.33. The number of nitrogens with zero attached hydrogens (tertiary/aromatic N) is 2. The highest BCUT2D eigenvalue weighted by molar-refractivity contribution is 7.13. The summed E-state index contributed by atoms with van der Waals surface area (Å²) in [6.07, 6.45) is 0.179. The number of thiazole rings is 1. The summed E-state index contributed by atoms with van der Waals surface area (Å²) in [4.78, 5) is 17.3. The summed E-state index contributed by atoms with van der Waals surface area (Å²) in [5, 5.41) is 14.3. The monoisotopic (exact) mass is 243 g/mol. The summed E-state index contributed by atoms with van der Waals surface area (Å²) < 4.78 is 0. The molecule has 0 aliphatic rings. The van der Waals surface area contributed by atoms with Crippen LogP contribution in [-0.2, 0) is 0 Å². The highest BCUT2D eigenvalue weighted by Crippen LogP contribution is 2.14. The Kier molecular flexibility index (Phi) is 4.70. The lowest BCUT2D eigenvalue weighted by Gasteiger charge is -2.17. The molecule has 1 aromatic rings. The lowest BCUT2D eigenvalue weighted by molar-refractivity contribution is 0.167. The first-order valence-electron chi connectivity index (χ1n) is 5.11. The Morgan fingerprint density at radius 1 is 1.75 bits per heavy atom. The molecule has 90 valence electrons. The topological polar surface area (TPSA) is 65.5 Å². The number of hydrogen-bond acceptors (Lipinski definition) is 4. The van der Waals surface area contributed by atoms with E-state index in [-0.39, 0.29) is 6.03 Å². The molecule has 16 heavy (non-hydrogen) atoms. The average Bonchev–Trinajstić information content (AvgIpc) is 2.60. The van der Waals surface area contributed by atoms with E-state index in [1.807, 2.05) is 12.3 Å². The Labute approximate surface area is 99.1 Å². The molecular formula is C10H17N3O2S. The van der Waals surface area contributed by atoms with E-state index in [0.29, 0.717) is 18.1 Å². The molecular weight excluding hydrogens is 226 g/mol. The molecule has 6 heteroatoms.